The molecule has 0 radical (unpaired) electrons. The zero-order valence-corrected chi connectivity index (χ0v) is 42.3. The van der Waals surface area contributed by atoms with Crippen molar-refractivity contribution in [1.29, 1.82) is 0 Å². The summed E-state index contributed by atoms with van der Waals surface area (Å²) < 4.78 is 5.81. The molecule has 0 spiro atoms. The van der Waals surface area contributed by atoms with E-state index in [0.717, 1.165) is 22.9 Å². The van der Waals surface area contributed by atoms with Crippen molar-refractivity contribution < 1.29 is 4.74 Å². The molecular weight excluding hydrogens is 845 g/mol. The van der Waals surface area contributed by atoms with Crippen LogP contribution in [0.1, 0.15) is 49.9 Å². The average Bonchev–Trinajstić information content (AvgIpc) is 3.54. The minimum atomic E-state index is -1.52. The van der Waals surface area contributed by atoms with E-state index in [9.17, 15) is 0 Å². The number of anilines is 8. The first-order chi connectivity index (χ1) is 32.7. The summed E-state index contributed by atoms with van der Waals surface area (Å²) in [6.07, 6.45) is 4.36. The van der Waals surface area contributed by atoms with Gasteiger partial charge in [0.2, 0.25) is 0 Å². The lowest BCUT2D eigenvalue weighted by Gasteiger charge is -2.42. The largest absolute Gasteiger partial charge is 0.453 e. The molecule has 0 N–H and O–H groups in total. The smallest absolute Gasteiger partial charge is 0.151 e. The monoisotopic (exact) mass is 908 g/mol. The lowest BCUT2D eigenvalue weighted by Crippen LogP contribution is -2.58. The van der Waals surface area contributed by atoms with Crippen LogP contribution in [-0.2, 0) is 10.8 Å². The molecule has 0 aliphatic carbocycles. The Morgan fingerprint density at radius 2 is 0.603 bits per heavy atom. The predicted octanol–water partition coefficient (Wildman–Crippen LogP) is 15.1. The lowest BCUT2D eigenvalue weighted by atomic mass is 9.61. The Kier molecular flexibility index (Phi) is 12.4. The van der Waals surface area contributed by atoms with E-state index in [2.05, 4.69) is 258 Å². The Balaban J connectivity index is 0.000000114. The van der Waals surface area contributed by atoms with Gasteiger partial charge in [-0.05, 0) is 93.3 Å². The van der Waals surface area contributed by atoms with Crippen molar-refractivity contribution >= 4 is 76.1 Å². The maximum atomic E-state index is 5.81. The second kappa shape index (κ2) is 18.4. The molecule has 4 heterocycles. The van der Waals surface area contributed by atoms with Gasteiger partial charge in [-0.2, -0.15) is 0 Å². The molecule has 0 atom stereocenters. The van der Waals surface area contributed by atoms with Gasteiger partial charge in [0.1, 0.15) is 8.07 Å². The van der Waals surface area contributed by atoms with Gasteiger partial charge in [0.15, 0.2) is 11.5 Å². The van der Waals surface area contributed by atoms with Gasteiger partial charge >= 0.3 is 0 Å². The summed E-state index contributed by atoms with van der Waals surface area (Å²) in [5, 5.41) is 3.09. The van der Waals surface area contributed by atoms with Crippen LogP contribution < -0.4 is 34.7 Å². The van der Waals surface area contributed by atoms with E-state index in [1.807, 2.05) is 36.4 Å². The van der Waals surface area contributed by atoms with Crippen molar-refractivity contribution in [2.75, 3.05) is 47.8 Å². The third-order valence-electron chi connectivity index (χ3n) is 15.0. The van der Waals surface area contributed by atoms with Crippen molar-refractivity contribution in [2.45, 2.75) is 51.6 Å². The molecule has 8 aromatic carbocycles. The highest BCUT2D eigenvalue weighted by molar-refractivity contribution is 7.02. The summed E-state index contributed by atoms with van der Waals surface area (Å²) in [6, 6.07) is 68.3. The number of ether oxygens (including phenoxy) is 1. The summed E-state index contributed by atoms with van der Waals surface area (Å²) >= 11 is 0. The van der Waals surface area contributed by atoms with Crippen LogP contribution in [0.2, 0.25) is 13.1 Å². The van der Waals surface area contributed by atoms with Gasteiger partial charge in [-0.15, -0.1) is 0 Å². The van der Waals surface area contributed by atoms with E-state index in [1.165, 1.54) is 56.4 Å². The van der Waals surface area contributed by atoms with E-state index in [-0.39, 0.29) is 10.8 Å². The molecular formula is C62H64N4OSi. The topological polar surface area (TPSA) is 22.2 Å². The molecule has 12 rings (SSSR count). The van der Waals surface area contributed by atoms with Crippen molar-refractivity contribution in [3.8, 4) is 11.5 Å². The zero-order valence-electron chi connectivity index (χ0n) is 41.3. The number of hydrogen-bond acceptors (Lipinski definition) is 5. The van der Waals surface area contributed by atoms with Crippen LogP contribution in [-0.4, -0.2) is 36.3 Å². The highest BCUT2D eigenvalue weighted by atomic mass is 28.3. The van der Waals surface area contributed by atoms with Gasteiger partial charge < -0.3 is 24.3 Å². The number of benzene rings is 8. The third-order valence-corrected chi connectivity index (χ3v) is 18.6. The van der Waals surface area contributed by atoms with Crippen LogP contribution >= 0.6 is 0 Å². The van der Waals surface area contributed by atoms with Crippen LogP contribution in [0.4, 0.5) is 45.5 Å². The quantitative estimate of drug-likeness (QED) is 0.141. The maximum absolute atomic E-state index is 5.81. The first kappa shape index (κ1) is 45.9. The summed E-state index contributed by atoms with van der Waals surface area (Å²) in [7, 11) is 7.00. The van der Waals surface area contributed by atoms with Crippen molar-refractivity contribution in [2.24, 2.45) is 0 Å². The standard InChI is InChI=1S/C19H23N.C15H17NSi.C15H13N.C13H11NO/c1-18(2)14-10-6-8-12-16(14)20(5)17-13-9-7-11-15(17)19(18,3)4;1-16-12-8-4-6-10-14(12)17(2,3)15-11-7-5-9-13(15)16;1-16-14-8-4-2-6-12(14)10-11-13-7-3-5-9-15(13)16;1-14-10-6-2-4-8-12(10)15-13-9-5-3-7-11(13)14/h6-13H,1-5H3;4-11H,1-3H3;2-11H,1H3;2-9H,1H3. The Hall–Kier alpha value is -7.28. The molecule has 68 heavy (non-hydrogen) atoms. The molecule has 0 bridgehead atoms. The number of para-hydroxylation sites is 10. The van der Waals surface area contributed by atoms with Crippen LogP contribution in [0.5, 0.6) is 11.5 Å². The molecule has 8 aromatic rings. The van der Waals surface area contributed by atoms with E-state index < -0.39 is 8.07 Å². The van der Waals surface area contributed by atoms with Crippen LogP contribution in [0, 0.1) is 0 Å². The molecule has 0 aromatic heterocycles. The summed E-state index contributed by atoms with van der Waals surface area (Å²) in [6.45, 7) is 14.3. The first-order valence-electron chi connectivity index (χ1n) is 23.8. The van der Waals surface area contributed by atoms with Gasteiger partial charge in [0.05, 0.1) is 11.4 Å². The second-order valence-electron chi connectivity index (χ2n) is 19.7. The molecule has 6 heteroatoms. The Morgan fingerprint density at radius 1 is 0.324 bits per heavy atom. The molecule has 5 nitrogen and oxygen atoms in total. The van der Waals surface area contributed by atoms with Crippen molar-refractivity contribution in [3.05, 3.63) is 216 Å². The number of nitrogens with zero attached hydrogens (tertiary/aromatic N) is 4. The number of rotatable bonds is 0. The fraction of sp³-hybridized carbons (Fsp3) is 0.194. The normalized spacial score (nSPS) is 15.5. The van der Waals surface area contributed by atoms with Gasteiger partial charge in [0.25, 0.3) is 0 Å². The predicted molar refractivity (Wildman–Crippen MR) is 296 cm³/mol. The highest BCUT2D eigenvalue weighted by Crippen LogP contribution is 2.53. The van der Waals surface area contributed by atoms with E-state index in [1.54, 1.807) is 10.4 Å². The molecule has 0 amide bonds. The van der Waals surface area contributed by atoms with E-state index >= 15 is 0 Å². The lowest BCUT2D eigenvalue weighted by molar-refractivity contribution is 0.307. The fourth-order valence-electron chi connectivity index (χ4n) is 10.3. The molecule has 0 unspecified atom stereocenters. The van der Waals surface area contributed by atoms with Crippen LogP contribution in [0.3, 0.4) is 0 Å². The van der Waals surface area contributed by atoms with Crippen molar-refractivity contribution in [3.63, 3.8) is 0 Å². The van der Waals surface area contributed by atoms with Crippen LogP contribution in [0.25, 0.3) is 12.2 Å². The van der Waals surface area contributed by atoms with Crippen molar-refractivity contribution in [1.82, 2.24) is 0 Å². The van der Waals surface area contributed by atoms with Crippen LogP contribution in [0.15, 0.2) is 194 Å². The Bertz CT molecular complexity index is 2930. The maximum Gasteiger partial charge on any atom is 0.151 e. The SMILES string of the molecule is CN1c2ccccc2C(C)(C)C(C)(C)c2ccccc21.CN1c2ccccc2C=Cc2ccccc21.CN1c2ccccc2Oc2ccccc21.CN1c2ccccc2[Si](C)(C)c2ccccc21. The molecule has 0 fully saturated rings. The molecule has 4 aliphatic heterocycles. The molecule has 0 saturated carbocycles. The van der Waals surface area contributed by atoms with E-state index in [4.69, 9.17) is 4.74 Å². The summed E-state index contributed by atoms with van der Waals surface area (Å²) in [5.41, 5.74) is 15.6. The van der Waals surface area contributed by atoms with Gasteiger partial charge in [-0.3, -0.25) is 0 Å². The van der Waals surface area contributed by atoms with Gasteiger partial charge in [0, 0.05) is 73.1 Å². The number of fused-ring (bicyclic) bond motifs is 8. The fourth-order valence-corrected chi connectivity index (χ4v) is 13.4. The van der Waals surface area contributed by atoms with Gasteiger partial charge in [-0.1, -0.05) is 186 Å². The molecule has 342 valence electrons. The summed E-state index contributed by atoms with van der Waals surface area (Å²) in [5.74, 6) is 1.83. The minimum absolute atomic E-state index is 0.0739. The van der Waals surface area contributed by atoms with E-state index in [0.29, 0.717) is 0 Å². The number of hydrogen-bond donors (Lipinski definition) is 0. The Morgan fingerprint density at radius 3 is 1.03 bits per heavy atom. The first-order valence-corrected chi connectivity index (χ1v) is 26.8. The zero-order chi connectivity index (χ0) is 47.8. The Labute approximate surface area is 406 Å². The molecule has 4 aliphatic rings. The average molecular weight is 909 g/mol. The second-order valence-corrected chi connectivity index (χ2v) is 24.0. The third kappa shape index (κ3) is 8.17. The van der Waals surface area contributed by atoms with Gasteiger partial charge in [-0.25, -0.2) is 0 Å². The minimum Gasteiger partial charge on any atom is -0.453 e. The molecule has 0 saturated heterocycles. The highest BCUT2D eigenvalue weighted by Gasteiger charge is 2.45. The summed E-state index contributed by atoms with van der Waals surface area (Å²) in [4.78, 5) is 9.04.